The molecule has 1 fully saturated rings. The monoisotopic (exact) mass is 404 g/mol. The van der Waals surface area contributed by atoms with Crippen molar-refractivity contribution in [1.82, 2.24) is 30.0 Å². The molecule has 0 radical (unpaired) electrons. The number of aromatic nitrogens is 4. The summed E-state index contributed by atoms with van der Waals surface area (Å²) in [6, 6.07) is 4.07. The van der Waals surface area contributed by atoms with E-state index in [4.69, 9.17) is 4.74 Å². The third kappa shape index (κ3) is 5.52. The van der Waals surface area contributed by atoms with Crippen LogP contribution in [-0.4, -0.2) is 75.7 Å². The zero-order valence-corrected chi connectivity index (χ0v) is 17.3. The lowest BCUT2D eigenvalue weighted by atomic mass is 10.1. The van der Waals surface area contributed by atoms with Crippen molar-refractivity contribution in [3.05, 3.63) is 24.5 Å². The maximum atomic E-state index is 12.4. The molecule has 0 bridgehead atoms. The van der Waals surface area contributed by atoms with Gasteiger partial charge in [0.25, 0.3) is 0 Å². The van der Waals surface area contributed by atoms with Crippen molar-refractivity contribution >= 4 is 17.7 Å². The van der Waals surface area contributed by atoms with E-state index < -0.39 is 0 Å². The number of pyridine rings is 1. The highest BCUT2D eigenvalue weighted by molar-refractivity contribution is 7.99. The van der Waals surface area contributed by atoms with Crippen LogP contribution in [0.15, 0.2) is 29.7 Å². The van der Waals surface area contributed by atoms with Gasteiger partial charge >= 0.3 is 0 Å². The van der Waals surface area contributed by atoms with E-state index in [9.17, 15) is 4.79 Å². The summed E-state index contributed by atoms with van der Waals surface area (Å²) >= 11 is 1.41. The molecule has 8 nitrogen and oxygen atoms in total. The number of thioether (sulfide) groups is 1. The zero-order valence-electron chi connectivity index (χ0n) is 16.5. The van der Waals surface area contributed by atoms with Gasteiger partial charge in [0.15, 0.2) is 11.0 Å². The highest BCUT2D eigenvalue weighted by Crippen LogP contribution is 2.23. The molecule has 0 aromatic carbocycles. The molecule has 1 aliphatic heterocycles. The number of hydrogen-bond donors (Lipinski definition) is 1. The van der Waals surface area contributed by atoms with Crippen LogP contribution in [0, 0.1) is 0 Å². The number of carbonyl (C=O) groups excluding carboxylic acids is 1. The molecule has 1 N–H and O–H groups in total. The highest BCUT2D eigenvalue weighted by atomic mass is 32.2. The Balaban J connectivity index is 1.59. The van der Waals surface area contributed by atoms with Crippen molar-refractivity contribution in [2.75, 3.05) is 39.1 Å². The number of methoxy groups -OCH3 is 1. The highest BCUT2D eigenvalue weighted by Gasteiger charge is 2.20. The number of piperidine rings is 1. The average molecular weight is 405 g/mol. The van der Waals surface area contributed by atoms with Crippen LogP contribution >= 0.6 is 11.8 Å². The topological polar surface area (TPSA) is 85.2 Å². The summed E-state index contributed by atoms with van der Waals surface area (Å²) in [6.45, 7) is 6.53. The first kappa shape index (κ1) is 20.8. The number of likely N-dealkylation sites (tertiary alicyclic amines) is 1. The van der Waals surface area contributed by atoms with Crippen molar-refractivity contribution in [3.63, 3.8) is 0 Å². The van der Waals surface area contributed by atoms with Crippen molar-refractivity contribution in [3.8, 4) is 11.4 Å². The first-order valence-corrected chi connectivity index (χ1v) is 10.7. The van der Waals surface area contributed by atoms with E-state index in [1.807, 2.05) is 16.7 Å². The number of carbonyl (C=O) groups is 1. The Labute approximate surface area is 170 Å². The summed E-state index contributed by atoms with van der Waals surface area (Å²) < 4.78 is 7.22. The van der Waals surface area contributed by atoms with Crippen LogP contribution < -0.4 is 5.32 Å². The lowest BCUT2D eigenvalue weighted by molar-refractivity contribution is -0.119. The standard InChI is InChI=1S/C19H28N6O2S/c1-3-24-10-6-16(7-11-24)21-17(26)14-28-19-23-22-18(25(19)12-13-27-2)15-4-8-20-9-5-15/h4-5,8-9,16H,3,6-7,10-14H2,1-2H3,(H,21,26). The summed E-state index contributed by atoms with van der Waals surface area (Å²) in [5, 5.41) is 12.5. The van der Waals surface area contributed by atoms with E-state index in [0.717, 1.165) is 49.0 Å². The first-order valence-electron chi connectivity index (χ1n) is 9.68. The molecule has 1 aliphatic rings. The third-order valence-corrected chi connectivity index (χ3v) is 5.87. The maximum absolute atomic E-state index is 12.4. The Bertz CT molecular complexity index is 746. The predicted octanol–water partition coefficient (Wildman–Crippen LogP) is 1.68. The van der Waals surface area contributed by atoms with Gasteiger partial charge < -0.3 is 15.0 Å². The summed E-state index contributed by atoms with van der Waals surface area (Å²) in [7, 11) is 1.67. The fourth-order valence-electron chi connectivity index (χ4n) is 3.29. The number of ether oxygens (including phenoxy) is 1. The van der Waals surface area contributed by atoms with Crippen LogP contribution in [0.1, 0.15) is 19.8 Å². The number of nitrogens with zero attached hydrogens (tertiary/aromatic N) is 5. The maximum Gasteiger partial charge on any atom is 0.230 e. The van der Waals surface area contributed by atoms with E-state index in [0.29, 0.717) is 18.9 Å². The van der Waals surface area contributed by atoms with E-state index in [-0.39, 0.29) is 11.9 Å². The number of hydrogen-bond acceptors (Lipinski definition) is 7. The van der Waals surface area contributed by atoms with E-state index in [1.165, 1.54) is 11.8 Å². The molecule has 152 valence electrons. The van der Waals surface area contributed by atoms with Gasteiger partial charge in [-0.2, -0.15) is 0 Å². The van der Waals surface area contributed by atoms with Gasteiger partial charge in [-0.1, -0.05) is 18.7 Å². The number of rotatable bonds is 9. The molecule has 2 aromatic rings. The second kappa shape index (κ2) is 10.5. The molecule has 0 aliphatic carbocycles. The summed E-state index contributed by atoms with van der Waals surface area (Å²) in [5.74, 6) is 1.14. The average Bonchev–Trinajstić information content (AvgIpc) is 3.14. The summed E-state index contributed by atoms with van der Waals surface area (Å²) in [5.41, 5.74) is 0.942. The van der Waals surface area contributed by atoms with Gasteiger partial charge in [-0.15, -0.1) is 10.2 Å². The van der Waals surface area contributed by atoms with Gasteiger partial charge in [0, 0.05) is 44.2 Å². The van der Waals surface area contributed by atoms with Crippen LogP contribution in [0.4, 0.5) is 0 Å². The summed E-state index contributed by atoms with van der Waals surface area (Å²) in [4.78, 5) is 18.9. The molecular weight excluding hydrogens is 376 g/mol. The Morgan fingerprint density at radius 1 is 1.29 bits per heavy atom. The van der Waals surface area contributed by atoms with Crippen molar-refractivity contribution < 1.29 is 9.53 Å². The molecular formula is C19H28N6O2S. The molecule has 0 saturated carbocycles. The van der Waals surface area contributed by atoms with Crippen molar-refractivity contribution in [2.24, 2.45) is 0 Å². The van der Waals surface area contributed by atoms with Gasteiger partial charge in [0.05, 0.1) is 18.9 Å². The fourth-order valence-corrected chi connectivity index (χ4v) is 4.06. The lowest BCUT2D eigenvalue weighted by Gasteiger charge is -2.31. The first-order chi connectivity index (χ1) is 13.7. The van der Waals surface area contributed by atoms with E-state index >= 15 is 0 Å². The van der Waals surface area contributed by atoms with Gasteiger partial charge in [0.1, 0.15) is 0 Å². The largest absolute Gasteiger partial charge is 0.383 e. The minimum absolute atomic E-state index is 0.0479. The number of amides is 1. The number of nitrogens with one attached hydrogen (secondary N) is 1. The second-order valence-corrected chi connectivity index (χ2v) is 7.69. The van der Waals surface area contributed by atoms with Crippen LogP contribution in [0.3, 0.4) is 0 Å². The van der Waals surface area contributed by atoms with Crippen LogP contribution in [0.2, 0.25) is 0 Å². The van der Waals surface area contributed by atoms with Gasteiger partial charge in [-0.05, 0) is 31.5 Å². The van der Waals surface area contributed by atoms with E-state index in [1.54, 1.807) is 19.5 Å². The predicted molar refractivity (Wildman–Crippen MR) is 109 cm³/mol. The molecule has 1 amide bonds. The van der Waals surface area contributed by atoms with Crippen molar-refractivity contribution in [2.45, 2.75) is 37.5 Å². The van der Waals surface area contributed by atoms with E-state index in [2.05, 4.69) is 32.3 Å². The fraction of sp³-hybridized carbons (Fsp3) is 0.579. The SMILES string of the molecule is CCN1CCC(NC(=O)CSc2nnc(-c3ccncc3)n2CCOC)CC1. The van der Waals surface area contributed by atoms with Gasteiger partial charge in [-0.3, -0.25) is 14.3 Å². The lowest BCUT2D eigenvalue weighted by Crippen LogP contribution is -2.45. The third-order valence-electron chi connectivity index (χ3n) is 4.91. The molecule has 0 unspecified atom stereocenters. The zero-order chi connectivity index (χ0) is 19.8. The Morgan fingerprint density at radius 3 is 2.71 bits per heavy atom. The molecule has 0 atom stereocenters. The molecule has 9 heteroatoms. The van der Waals surface area contributed by atoms with Crippen LogP contribution in [0.5, 0.6) is 0 Å². The van der Waals surface area contributed by atoms with Crippen molar-refractivity contribution in [1.29, 1.82) is 0 Å². The molecule has 0 spiro atoms. The molecule has 28 heavy (non-hydrogen) atoms. The second-order valence-electron chi connectivity index (χ2n) is 6.75. The van der Waals surface area contributed by atoms with Gasteiger partial charge in [0.2, 0.25) is 5.91 Å². The summed E-state index contributed by atoms with van der Waals surface area (Å²) in [6.07, 6.45) is 5.49. The normalized spacial score (nSPS) is 15.6. The Morgan fingerprint density at radius 2 is 2.04 bits per heavy atom. The Hall–Kier alpha value is -1.97. The smallest absolute Gasteiger partial charge is 0.230 e. The quantitative estimate of drug-likeness (QED) is 0.637. The molecule has 3 rings (SSSR count). The van der Waals surface area contributed by atoms with Crippen LogP contribution in [0.25, 0.3) is 11.4 Å². The van der Waals surface area contributed by atoms with Gasteiger partial charge in [-0.25, -0.2) is 0 Å². The van der Waals surface area contributed by atoms with Crippen LogP contribution in [-0.2, 0) is 16.1 Å². The minimum atomic E-state index is 0.0479. The molecule has 3 heterocycles. The Kier molecular flexibility index (Phi) is 7.81. The minimum Gasteiger partial charge on any atom is -0.383 e. The molecule has 1 saturated heterocycles. The molecule has 2 aromatic heterocycles.